The predicted molar refractivity (Wildman–Crippen MR) is 45.1 cm³/mol. The summed E-state index contributed by atoms with van der Waals surface area (Å²) in [5.41, 5.74) is 1.57. The Balaban J connectivity index is 2.32. The quantitative estimate of drug-likeness (QED) is 0.526. The number of fused-ring (bicyclic) bond motifs is 2. The van der Waals surface area contributed by atoms with Crippen molar-refractivity contribution >= 4 is 0 Å². The maximum absolute atomic E-state index is 9.56. The fourth-order valence-electron chi connectivity index (χ4n) is 2.72. The van der Waals surface area contributed by atoms with Crippen LogP contribution in [0, 0.1) is 17.3 Å². The van der Waals surface area contributed by atoms with Crippen molar-refractivity contribution in [2.24, 2.45) is 17.3 Å². The summed E-state index contributed by atoms with van der Waals surface area (Å²) in [5.74, 6) is 1.10. The predicted octanol–water partition coefficient (Wildman–Crippen LogP) is 1.97. The third-order valence-electron chi connectivity index (χ3n) is 3.82. The Kier molecular flexibility index (Phi) is 1.26. The molecule has 2 aliphatic carbocycles. The molecule has 2 saturated carbocycles. The second-order valence-electron chi connectivity index (χ2n) is 4.59. The van der Waals surface area contributed by atoms with Crippen molar-refractivity contribution in [1.29, 1.82) is 0 Å². The van der Waals surface area contributed by atoms with Crippen molar-refractivity contribution in [1.82, 2.24) is 0 Å². The standard InChI is InChI=1S/C10H16O/c1-6-8-4-7(5-9(8)11)10(6,2)3/h7-9,11H,1,4-5H2,2-3H3/t7-,8-,9+/m1/s1. The fraction of sp³-hybridized carbons (Fsp3) is 0.800. The zero-order valence-corrected chi connectivity index (χ0v) is 7.30. The van der Waals surface area contributed by atoms with E-state index in [1.165, 1.54) is 12.0 Å². The second kappa shape index (κ2) is 1.89. The van der Waals surface area contributed by atoms with Gasteiger partial charge in [-0.15, -0.1) is 0 Å². The van der Waals surface area contributed by atoms with Crippen LogP contribution in [0.5, 0.6) is 0 Å². The number of hydrogen-bond donors (Lipinski definition) is 1. The average Bonchev–Trinajstić information content (AvgIpc) is 2.36. The van der Waals surface area contributed by atoms with Crippen molar-refractivity contribution in [3.05, 3.63) is 12.2 Å². The molecule has 0 aliphatic heterocycles. The summed E-state index contributed by atoms with van der Waals surface area (Å²) < 4.78 is 0. The van der Waals surface area contributed by atoms with Gasteiger partial charge in [0.2, 0.25) is 0 Å². The molecule has 2 aliphatic rings. The van der Waals surface area contributed by atoms with E-state index in [0.717, 1.165) is 6.42 Å². The number of aliphatic hydroxyl groups is 1. The lowest BCUT2D eigenvalue weighted by Gasteiger charge is -2.34. The molecule has 2 bridgehead atoms. The summed E-state index contributed by atoms with van der Waals surface area (Å²) in [6.07, 6.45) is 2.09. The summed E-state index contributed by atoms with van der Waals surface area (Å²) in [6, 6.07) is 0. The van der Waals surface area contributed by atoms with E-state index < -0.39 is 0 Å². The minimum Gasteiger partial charge on any atom is -0.392 e. The molecule has 0 amide bonds. The zero-order chi connectivity index (χ0) is 8.22. The lowest BCUT2D eigenvalue weighted by atomic mass is 9.73. The van der Waals surface area contributed by atoms with Crippen LogP contribution in [-0.2, 0) is 0 Å². The van der Waals surface area contributed by atoms with Crippen LogP contribution in [0.1, 0.15) is 26.7 Å². The van der Waals surface area contributed by atoms with Crippen LogP contribution in [0.25, 0.3) is 0 Å². The van der Waals surface area contributed by atoms with Gasteiger partial charge in [-0.1, -0.05) is 26.0 Å². The van der Waals surface area contributed by atoms with Gasteiger partial charge in [0, 0.05) is 5.92 Å². The molecule has 0 radical (unpaired) electrons. The van der Waals surface area contributed by atoms with E-state index in [2.05, 4.69) is 20.4 Å². The molecule has 0 heterocycles. The molecule has 2 rings (SSSR count). The third kappa shape index (κ3) is 0.750. The van der Waals surface area contributed by atoms with E-state index in [1.807, 2.05) is 0 Å². The molecule has 3 atom stereocenters. The van der Waals surface area contributed by atoms with E-state index >= 15 is 0 Å². The highest BCUT2D eigenvalue weighted by atomic mass is 16.3. The lowest BCUT2D eigenvalue weighted by molar-refractivity contribution is 0.108. The Hall–Kier alpha value is -0.300. The minimum absolute atomic E-state index is 0.0828. The second-order valence-corrected chi connectivity index (χ2v) is 4.59. The molecule has 11 heavy (non-hydrogen) atoms. The molecule has 2 fully saturated rings. The van der Waals surface area contributed by atoms with Gasteiger partial charge in [0.15, 0.2) is 0 Å². The van der Waals surface area contributed by atoms with Gasteiger partial charge in [0.25, 0.3) is 0 Å². The zero-order valence-electron chi connectivity index (χ0n) is 7.30. The Bertz CT molecular complexity index is 205. The monoisotopic (exact) mass is 152 g/mol. The van der Waals surface area contributed by atoms with Crippen LogP contribution in [0.3, 0.4) is 0 Å². The average molecular weight is 152 g/mol. The van der Waals surface area contributed by atoms with Crippen LogP contribution < -0.4 is 0 Å². The minimum atomic E-state index is -0.0828. The van der Waals surface area contributed by atoms with Crippen LogP contribution in [0.15, 0.2) is 12.2 Å². The van der Waals surface area contributed by atoms with Crippen LogP contribution in [0.4, 0.5) is 0 Å². The topological polar surface area (TPSA) is 20.2 Å². The van der Waals surface area contributed by atoms with E-state index in [4.69, 9.17) is 0 Å². The van der Waals surface area contributed by atoms with Gasteiger partial charge in [-0.3, -0.25) is 0 Å². The molecule has 62 valence electrons. The maximum atomic E-state index is 9.56. The first kappa shape index (κ1) is 7.35. The van der Waals surface area contributed by atoms with E-state index in [9.17, 15) is 5.11 Å². The molecular formula is C10H16O. The maximum Gasteiger partial charge on any atom is 0.0608 e. The summed E-state index contributed by atoms with van der Waals surface area (Å²) in [5, 5.41) is 9.56. The first-order valence-electron chi connectivity index (χ1n) is 4.41. The summed E-state index contributed by atoms with van der Waals surface area (Å²) >= 11 is 0. The molecule has 0 unspecified atom stereocenters. The van der Waals surface area contributed by atoms with Crippen molar-refractivity contribution in [3.8, 4) is 0 Å². The summed E-state index contributed by atoms with van der Waals surface area (Å²) in [7, 11) is 0. The Morgan fingerprint density at radius 1 is 1.45 bits per heavy atom. The number of aliphatic hydroxyl groups excluding tert-OH is 1. The van der Waals surface area contributed by atoms with Crippen LogP contribution >= 0.6 is 0 Å². The summed E-state index contributed by atoms with van der Waals surface area (Å²) in [4.78, 5) is 0. The van der Waals surface area contributed by atoms with Gasteiger partial charge in [-0.2, -0.15) is 0 Å². The highest BCUT2D eigenvalue weighted by molar-refractivity contribution is 5.25. The first-order valence-corrected chi connectivity index (χ1v) is 4.41. The Morgan fingerprint density at radius 2 is 2.09 bits per heavy atom. The Morgan fingerprint density at radius 3 is 2.45 bits per heavy atom. The third-order valence-corrected chi connectivity index (χ3v) is 3.82. The molecule has 0 saturated heterocycles. The molecule has 0 aromatic rings. The molecule has 1 N–H and O–H groups in total. The SMILES string of the molecule is C=C1[C@H]2C[C@H](C[C@@H]2O)C1(C)C. The highest BCUT2D eigenvalue weighted by Crippen LogP contribution is 2.58. The van der Waals surface area contributed by atoms with Gasteiger partial charge in [0.05, 0.1) is 6.10 Å². The van der Waals surface area contributed by atoms with E-state index in [-0.39, 0.29) is 6.10 Å². The Labute approximate surface area is 68.1 Å². The molecule has 1 nitrogen and oxygen atoms in total. The van der Waals surface area contributed by atoms with Gasteiger partial charge in [0.1, 0.15) is 0 Å². The van der Waals surface area contributed by atoms with Gasteiger partial charge >= 0.3 is 0 Å². The fourth-order valence-corrected chi connectivity index (χ4v) is 2.72. The van der Waals surface area contributed by atoms with E-state index in [1.54, 1.807) is 0 Å². The molecule has 0 spiro atoms. The van der Waals surface area contributed by atoms with Crippen molar-refractivity contribution in [3.63, 3.8) is 0 Å². The normalized spacial score (nSPS) is 46.8. The van der Waals surface area contributed by atoms with Gasteiger partial charge in [-0.25, -0.2) is 0 Å². The highest BCUT2D eigenvalue weighted by Gasteiger charge is 2.52. The molecule has 0 aromatic heterocycles. The summed E-state index contributed by atoms with van der Waals surface area (Å²) in [6.45, 7) is 8.59. The first-order chi connectivity index (χ1) is 5.03. The molecular weight excluding hydrogens is 136 g/mol. The van der Waals surface area contributed by atoms with Gasteiger partial charge in [-0.05, 0) is 24.2 Å². The van der Waals surface area contributed by atoms with Crippen molar-refractivity contribution < 1.29 is 5.11 Å². The lowest BCUT2D eigenvalue weighted by Crippen LogP contribution is -2.29. The van der Waals surface area contributed by atoms with E-state index in [0.29, 0.717) is 17.3 Å². The largest absolute Gasteiger partial charge is 0.392 e. The number of rotatable bonds is 0. The van der Waals surface area contributed by atoms with Crippen molar-refractivity contribution in [2.75, 3.05) is 0 Å². The van der Waals surface area contributed by atoms with Crippen LogP contribution in [0.2, 0.25) is 0 Å². The van der Waals surface area contributed by atoms with Gasteiger partial charge < -0.3 is 5.11 Å². The molecule has 1 heteroatoms. The number of hydrogen-bond acceptors (Lipinski definition) is 1. The van der Waals surface area contributed by atoms with Crippen LogP contribution in [-0.4, -0.2) is 11.2 Å². The van der Waals surface area contributed by atoms with Crippen molar-refractivity contribution in [2.45, 2.75) is 32.8 Å². The molecule has 0 aromatic carbocycles. The smallest absolute Gasteiger partial charge is 0.0608 e.